The second-order valence-electron chi connectivity index (χ2n) is 6.77. The van der Waals surface area contributed by atoms with E-state index in [2.05, 4.69) is 9.97 Å². The fourth-order valence-corrected chi connectivity index (χ4v) is 4.34. The number of pyridine rings is 2. The Morgan fingerprint density at radius 2 is 1.58 bits per heavy atom. The highest BCUT2D eigenvalue weighted by Crippen LogP contribution is 2.34. The molecule has 2 aromatic heterocycles. The molecule has 1 saturated heterocycles. The first-order valence-electron chi connectivity index (χ1n) is 9.49. The van der Waals surface area contributed by atoms with Crippen molar-refractivity contribution in [3.8, 4) is 16.9 Å². The topological polar surface area (TPSA) is 114 Å². The number of carbonyl (C=O) groups excluding carboxylic acids is 3. The number of hydrogen-bond acceptors (Lipinski definition) is 10. The van der Waals surface area contributed by atoms with Crippen LogP contribution in [0.2, 0.25) is 0 Å². The van der Waals surface area contributed by atoms with Crippen molar-refractivity contribution in [2.24, 2.45) is 0 Å². The molecule has 1 aliphatic heterocycles. The number of thioether (sulfide) groups is 1. The Kier molecular flexibility index (Phi) is 7.45. The molecule has 3 heterocycles. The SMILES string of the molecule is CC(=O)O[C@@H]1[C@@H](OC(C)=O)[C@H](OC(C)=O)CS[C@H]1Oc1cncc(-c2cccnc2)c1. The van der Waals surface area contributed by atoms with E-state index in [1.165, 1.54) is 38.7 Å². The first kappa shape index (κ1) is 22.5. The second-order valence-corrected chi connectivity index (χ2v) is 7.90. The predicted octanol–water partition coefficient (Wildman–Crippen LogP) is 2.39. The summed E-state index contributed by atoms with van der Waals surface area (Å²) in [5.74, 6) is -0.983. The van der Waals surface area contributed by atoms with Crippen LogP contribution in [0.15, 0.2) is 43.0 Å². The van der Waals surface area contributed by atoms with E-state index < -0.39 is 41.7 Å². The summed E-state index contributed by atoms with van der Waals surface area (Å²) in [6.45, 7) is 3.73. The van der Waals surface area contributed by atoms with Gasteiger partial charge in [-0.1, -0.05) is 6.07 Å². The van der Waals surface area contributed by atoms with Crippen molar-refractivity contribution >= 4 is 29.7 Å². The average Bonchev–Trinajstić information content (AvgIpc) is 2.72. The Morgan fingerprint density at radius 1 is 0.903 bits per heavy atom. The maximum Gasteiger partial charge on any atom is 0.303 e. The number of esters is 3. The van der Waals surface area contributed by atoms with Crippen LogP contribution in [-0.2, 0) is 28.6 Å². The predicted molar refractivity (Wildman–Crippen MR) is 111 cm³/mol. The third kappa shape index (κ3) is 6.17. The van der Waals surface area contributed by atoms with Gasteiger partial charge in [0.1, 0.15) is 5.75 Å². The smallest absolute Gasteiger partial charge is 0.303 e. The number of aromatic nitrogens is 2. The number of nitrogens with zero attached hydrogens (tertiary/aromatic N) is 2. The van der Waals surface area contributed by atoms with Crippen molar-refractivity contribution in [1.29, 1.82) is 0 Å². The minimum atomic E-state index is -1.01. The summed E-state index contributed by atoms with van der Waals surface area (Å²) in [6.07, 6.45) is 3.81. The molecule has 0 spiro atoms. The lowest BCUT2D eigenvalue weighted by Gasteiger charge is -2.39. The van der Waals surface area contributed by atoms with Gasteiger partial charge in [-0.25, -0.2) is 0 Å². The van der Waals surface area contributed by atoms with Gasteiger partial charge in [-0.2, -0.15) is 0 Å². The fraction of sp³-hybridized carbons (Fsp3) is 0.381. The van der Waals surface area contributed by atoms with E-state index in [4.69, 9.17) is 18.9 Å². The van der Waals surface area contributed by atoms with Gasteiger partial charge in [0, 0.05) is 56.2 Å². The Morgan fingerprint density at radius 3 is 2.23 bits per heavy atom. The van der Waals surface area contributed by atoms with Crippen LogP contribution in [0.3, 0.4) is 0 Å². The summed E-state index contributed by atoms with van der Waals surface area (Å²) < 4.78 is 22.2. The van der Waals surface area contributed by atoms with Crippen molar-refractivity contribution in [3.05, 3.63) is 43.0 Å². The molecule has 4 atom stereocenters. The van der Waals surface area contributed by atoms with E-state index in [0.717, 1.165) is 11.1 Å². The summed E-state index contributed by atoms with van der Waals surface area (Å²) in [5.41, 5.74) is 0.941. The maximum absolute atomic E-state index is 11.8. The third-order valence-electron chi connectivity index (χ3n) is 4.26. The standard InChI is InChI=1S/C21H22N2O7S/c1-12(24)27-18-11-31-21(20(29-14(3)26)19(18)28-13(2)25)30-17-7-16(9-23-10-17)15-5-4-6-22-8-15/h4-10,18-21H,11H2,1-3H3/t18-,19+,20-,21-/m1/s1. The Bertz CT molecular complexity index is 940. The molecule has 0 N–H and O–H groups in total. The van der Waals surface area contributed by atoms with Crippen LogP contribution >= 0.6 is 11.8 Å². The van der Waals surface area contributed by atoms with Gasteiger partial charge in [0.05, 0.1) is 6.20 Å². The molecule has 3 rings (SSSR count). The average molecular weight is 446 g/mol. The molecule has 31 heavy (non-hydrogen) atoms. The highest BCUT2D eigenvalue weighted by molar-refractivity contribution is 7.99. The molecule has 1 aliphatic rings. The second kappa shape index (κ2) is 10.3. The molecule has 0 amide bonds. The van der Waals surface area contributed by atoms with Gasteiger partial charge in [-0.3, -0.25) is 24.4 Å². The fourth-order valence-electron chi connectivity index (χ4n) is 3.12. The largest absolute Gasteiger partial charge is 0.474 e. The molecule has 0 aliphatic carbocycles. The van der Waals surface area contributed by atoms with E-state index in [-0.39, 0.29) is 5.75 Å². The minimum absolute atomic E-state index is 0.287. The van der Waals surface area contributed by atoms with Crippen LogP contribution in [0.5, 0.6) is 5.75 Å². The number of hydrogen-bond donors (Lipinski definition) is 0. The normalized spacial score (nSPS) is 22.8. The van der Waals surface area contributed by atoms with Gasteiger partial charge >= 0.3 is 17.9 Å². The van der Waals surface area contributed by atoms with Gasteiger partial charge in [-0.15, -0.1) is 11.8 Å². The zero-order valence-corrected chi connectivity index (χ0v) is 18.0. The van der Waals surface area contributed by atoms with Crippen LogP contribution in [0.1, 0.15) is 20.8 Å². The molecular weight excluding hydrogens is 424 g/mol. The van der Waals surface area contributed by atoms with Crippen LogP contribution < -0.4 is 4.74 Å². The minimum Gasteiger partial charge on any atom is -0.474 e. The first-order valence-corrected chi connectivity index (χ1v) is 10.5. The maximum atomic E-state index is 11.8. The van der Waals surface area contributed by atoms with Gasteiger partial charge in [0.25, 0.3) is 0 Å². The van der Waals surface area contributed by atoms with Crippen molar-refractivity contribution in [2.45, 2.75) is 44.5 Å². The highest BCUT2D eigenvalue weighted by Gasteiger charge is 2.47. The van der Waals surface area contributed by atoms with Crippen LogP contribution in [-0.4, -0.2) is 57.4 Å². The van der Waals surface area contributed by atoms with Gasteiger partial charge in [-0.05, 0) is 12.1 Å². The lowest BCUT2D eigenvalue weighted by atomic mass is 10.1. The summed E-state index contributed by atoms with van der Waals surface area (Å²) in [6, 6.07) is 5.50. The molecule has 164 valence electrons. The first-order chi connectivity index (χ1) is 14.8. The molecule has 10 heteroatoms. The van der Waals surface area contributed by atoms with Gasteiger partial charge in [0.2, 0.25) is 0 Å². The molecule has 0 radical (unpaired) electrons. The highest BCUT2D eigenvalue weighted by atomic mass is 32.2. The zero-order chi connectivity index (χ0) is 22.4. The lowest BCUT2D eigenvalue weighted by molar-refractivity contribution is -0.186. The van der Waals surface area contributed by atoms with E-state index in [1.54, 1.807) is 24.7 Å². The number of ether oxygens (including phenoxy) is 4. The van der Waals surface area contributed by atoms with E-state index in [9.17, 15) is 14.4 Å². The van der Waals surface area contributed by atoms with E-state index >= 15 is 0 Å². The van der Waals surface area contributed by atoms with Gasteiger partial charge < -0.3 is 18.9 Å². The quantitative estimate of drug-likeness (QED) is 0.484. The van der Waals surface area contributed by atoms with Crippen LogP contribution in [0.25, 0.3) is 11.1 Å². The van der Waals surface area contributed by atoms with Crippen LogP contribution in [0, 0.1) is 0 Å². The van der Waals surface area contributed by atoms with E-state index in [1.807, 2.05) is 12.1 Å². The van der Waals surface area contributed by atoms with Crippen molar-refractivity contribution in [3.63, 3.8) is 0 Å². The number of rotatable bonds is 6. The lowest BCUT2D eigenvalue weighted by Crippen LogP contribution is -2.55. The number of carbonyl (C=O) groups is 3. The van der Waals surface area contributed by atoms with Gasteiger partial charge in [0.15, 0.2) is 23.7 Å². The van der Waals surface area contributed by atoms with Crippen molar-refractivity contribution < 1.29 is 33.3 Å². The molecule has 9 nitrogen and oxygen atoms in total. The summed E-state index contributed by atoms with van der Waals surface area (Å²) in [4.78, 5) is 43.2. The Labute approximate surface area is 183 Å². The summed E-state index contributed by atoms with van der Waals surface area (Å²) in [5, 5.41) is 0. The molecular formula is C21H22N2O7S. The zero-order valence-electron chi connectivity index (χ0n) is 17.2. The monoisotopic (exact) mass is 446 g/mol. The molecule has 2 aromatic rings. The summed E-state index contributed by atoms with van der Waals surface area (Å²) in [7, 11) is 0. The van der Waals surface area contributed by atoms with Crippen LogP contribution in [0.4, 0.5) is 0 Å². The third-order valence-corrected chi connectivity index (χ3v) is 5.48. The molecule has 0 aromatic carbocycles. The summed E-state index contributed by atoms with van der Waals surface area (Å²) >= 11 is 1.28. The molecule has 0 saturated carbocycles. The Balaban J connectivity index is 1.86. The molecule has 1 fully saturated rings. The van der Waals surface area contributed by atoms with Crippen molar-refractivity contribution in [1.82, 2.24) is 9.97 Å². The molecule has 0 unspecified atom stereocenters. The Hall–Kier alpha value is -3.14. The van der Waals surface area contributed by atoms with E-state index in [0.29, 0.717) is 5.75 Å². The molecule has 0 bridgehead atoms. The van der Waals surface area contributed by atoms with Crippen molar-refractivity contribution in [2.75, 3.05) is 5.75 Å².